The van der Waals surface area contributed by atoms with Crippen molar-refractivity contribution < 1.29 is 14.3 Å². The molecule has 2 heterocycles. The predicted octanol–water partition coefficient (Wildman–Crippen LogP) is 4.98. The number of carbonyl (C=O) groups is 1. The van der Waals surface area contributed by atoms with Gasteiger partial charge in [0.05, 0.1) is 12.8 Å². The first-order chi connectivity index (χ1) is 13.2. The van der Waals surface area contributed by atoms with Crippen molar-refractivity contribution in [2.24, 2.45) is 0 Å². The molecule has 0 unspecified atom stereocenters. The van der Waals surface area contributed by atoms with E-state index >= 15 is 0 Å². The lowest BCUT2D eigenvalue weighted by Gasteiger charge is -2.18. The van der Waals surface area contributed by atoms with E-state index in [-0.39, 0.29) is 0 Å². The maximum Gasteiger partial charge on any atom is 0.435 e. The third-order valence-electron chi connectivity index (χ3n) is 3.85. The smallest absolute Gasteiger partial charge is 0.435 e. The number of hydrogen-bond acceptors (Lipinski definition) is 5. The van der Waals surface area contributed by atoms with Crippen molar-refractivity contribution in [1.82, 2.24) is 14.8 Å². The zero-order chi connectivity index (χ0) is 20.3. The topological polar surface area (TPSA) is 66.2 Å². The van der Waals surface area contributed by atoms with Crippen molar-refractivity contribution in [3.8, 4) is 17.0 Å². The molecule has 0 aliphatic heterocycles. The first kappa shape index (κ1) is 19.9. The van der Waals surface area contributed by atoms with Gasteiger partial charge < -0.3 is 9.47 Å². The van der Waals surface area contributed by atoms with Crippen molar-refractivity contribution in [2.45, 2.75) is 32.8 Å². The van der Waals surface area contributed by atoms with E-state index in [4.69, 9.17) is 21.1 Å². The number of carbonyl (C=O) groups excluding carboxylic acids is 1. The van der Waals surface area contributed by atoms with Gasteiger partial charge in [-0.05, 0) is 56.2 Å². The lowest BCUT2D eigenvalue weighted by Crippen LogP contribution is -2.27. The molecule has 1 aromatic carbocycles. The molecule has 0 atom stereocenters. The van der Waals surface area contributed by atoms with Crippen LogP contribution in [-0.4, -0.2) is 33.6 Å². The van der Waals surface area contributed by atoms with Crippen LogP contribution in [0.3, 0.4) is 0 Å². The van der Waals surface area contributed by atoms with E-state index in [1.54, 1.807) is 25.6 Å². The average Bonchev–Trinajstić information content (AvgIpc) is 3.09. The molecule has 0 spiro atoms. The van der Waals surface area contributed by atoms with Crippen LogP contribution in [0.1, 0.15) is 32.0 Å². The van der Waals surface area contributed by atoms with Crippen LogP contribution in [0.15, 0.2) is 48.8 Å². The van der Waals surface area contributed by atoms with E-state index in [0.717, 1.165) is 22.4 Å². The minimum atomic E-state index is -0.574. The van der Waals surface area contributed by atoms with Gasteiger partial charge in [0.25, 0.3) is 0 Å². The third kappa shape index (κ3) is 4.89. The lowest BCUT2D eigenvalue weighted by atomic mass is 10.0. The fraction of sp³-hybridized carbons (Fsp3) is 0.286. The average molecular weight is 400 g/mol. The van der Waals surface area contributed by atoms with Gasteiger partial charge in [0.2, 0.25) is 5.88 Å². The van der Waals surface area contributed by atoms with E-state index in [2.05, 4.69) is 10.1 Å². The lowest BCUT2D eigenvalue weighted by molar-refractivity contribution is 0.0514. The Balaban J connectivity index is 1.84. The molecule has 0 aliphatic carbocycles. The number of nitrogens with zero attached hydrogens (tertiary/aromatic N) is 3. The number of hydrogen-bond donors (Lipinski definition) is 0. The molecule has 0 aliphatic rings. The van der Waals surface area contributed by atoms with Gasteiger partial charge in [0.1, 0.15) is 5.60 Å². The number of ether oxygens (including phenoxy) is 2. The second kappa shape index (κ2) is 8.02. The zero-order valence-electron chi connectivity index (χ0n) is 16.3. The number of methoxy groups -OCH3 is 1. The highest BCUT2D eigenvalue weighted by molar-refractivity contribution is 6.30. The second-order valence-electron chi connectivity index (χ2n) is 7.32. The highest BCUT2D eigenvalue weighted by Gasteiger charge is 2.18. The Morgan fingerprint density at radius 1 is 1.21 bits per heavy atom. The van der Waals surface area contributed by atoms with E-state index in [0.29, 0.717) is 17.3 Å². The fourth-order valence-electron chi connectivity index (χ4n) is 2.69. The summed E-state index contributed by atoms with van der Waals surface area (Å²) in [6, 6.07) is 11.3. The van der Waals surface area contributed by atoms with Crippen LogP contribution in [0.25, 0.3) is 11.1 Å². The van der Waals surface area contributed by atoms with Gasteiger partial charge >= 0.3 is 6.09 Å². The van der Waals surface area contributed by atoms with Gasteiger partial charge in [-0.15, -0.1) is 0 Å². The number of aromatic nitrogens is 3. The molecule has 3 rings (SSSR count). The maximum atomic E-state index is 12.1. The number of rotatable bonds is 4. The summed E-state index contributed by atoms with van der Waals surface area (Å²) in [6.45, 7) is 5.45. The molecule has 7 heteroatoms. The largest absolute Gasteiger partial charge is 0.481 e. The van der Waals surface area contributed by atoms with Gasteiger partial charge in [0, 0.05) is 29.4 Å². The maximum absolute atomic E-state index is 12.1. The quantitative estimate of drug-likeness (QED) is 0.618. The van der Waals surface area contributed by atoms with Gasteiger partial charge in [0.15, 0.2) is 0 Å². The van der Waals surface area contributed by atoms with Crippen LogP contribution in [0, 0.1) is 0 Å². The van der Waals surface area contributed by atoms with E-state index in [1.165, 1.54) is 4.68 Å². The highest BCUT2D eigenvalue weighted by atomic mass is 35.5. The Bertz CT molecular complexity index is 993. The Morgan fingerprint density at radius 3 is 2.68 bits per heavy atom. The molecule has 0 saturated heterocycles. The Kier molecular flexibility index (Phi) is 5.70. The Morgan fingerprint density at radius 2 is 2.00 bits per heavy atom. The first-order valence-corrected chi connectivity index (χ1v) is 9.20. The summed E-state index contributed by atoms with van der Waals surface area (Å²) in [6.07, 6.45) is 3.34. The predicted molar refractivity (Wildman–Crippen MR) is 108 cm³/mol. The van der Waals surface area contributed by atoms with Crippen LogP contribution >= 0.6 is 11.6 Å². The van der Waals surface area contributed by atoms with Crippen LogP contribution in [0.5, 0.6) is 5.88 Å². The van der Waals surface area contributed by atoms with Crippen LogP contribution < -0.4 is 4.74 Å². The summed E-state index contributed by atoms with van der Waals surface area (Å²) in [5, 5.41) is 4.95. The summed E-state index contributed by atoms with van der Waals surface area (Å²) in [5.74, 6) is 0.519. The molecule has 0 amide bonds. The molecule has 146 valence electrons. The number of pyridine rings is 1. The minimum Gasteiger partial charge on any atom is -0.481 e. The molecule has 28 heavy (non-hydrogen) atoms. The molecule has 6 nitrogen and oxygen atoms in total. The van der Waals surface area contributed by atoms with Crippen molar-refractivity contribution in [2.75, 3.05) is 7.11 Å². The molecule has 0 saturated carbocycles. The minimum absolute atomic E-state index is 0.508. The van der Waals surface area contributed by atoms with Gasteiger partial charge in [-0.2, -0.15) is 9.78 Å². The first-order valence-electron chi connectivity index (χ1n) is 8.82. The molecular weight excluding hydrogens is 378 g/mol. The summed E-state index contributed by atoms with van der Waals surface area (Å²) in [4.78, 5) is 16.5. The van der Waals surface area contributed by atoms with Crippen LogP contribution in [0.2, 0.25) is 5.02 Å². The van der Waals surface area contributed by atoms with E-state index in [1.807, 2.05) is 51.1 Å². The molecule has 3 aromatic rings. The van der Waals surface area contributed by atoms with Crippen molar-refractivity contribution in [3.63, 3.8) is 0 Å². The van der Waals surface area contributed by atoms with Crippen molar-refractivity contribution >= 4 is 17.7 Å². The monoisotopic (exact) mass is 399 g/mol. The fourth-order valence-corrected chi connectivity index (χ4v) is 2.88. The van der Waals surface area contributed by atoms with Crippen molar-refractivity contribution in [1.29, 1.82) is 0 Å². The number of halogens is 1. The standard InChI is InChI=1S/C21H22ClN3O3/c1-21(2,3)28-20(26)25-9-8-17(24-25)10-14-11-18(19(27-4)23-13-14)15-6-5-7-16(22)12-15/h5-9,11-13H,10H2,1-4H3. The normalized spacial score (nSPS) is 11.3. The van der Waals surface area contributed by atoms with Crippen LogP contribution in [-0.2, 0) is 11.2 Å². The molecule has 0 N–H and O–H groups in total. The zero-order valence-corrected chi connectivity index (χ0v) is 17.0. The number of benzene rings is 1. The van der Waals surface area contributed by atoms with Gasteiger partial charge in [-0.25, -0.2) is 9.78 Å². The molecule has 0 fully saturated rings. The van der Waals surface area contributed by atoms with E-state index < -0.39 is 11.7 Å². The molecular formula is C21H22ClN3O3. The summed E-state index contributed by atoms with van der Waals surface area (Å²) < 4.78 is 11.9. The Hall–Kier alpha value is -2.86. The van der Waals surface area contributed by atoms with Crippen molar-refractivity contribution in [3.05, 3.63) is 65.1 Å². The summed E-state index contributed by atoms with van der Waals surface area (Å²) in [5.41, 5.74) is 2.85. The van der Waals surface area contributed by atoms with Crippen LogP contribution in [0.4, 0.5) is 4.79 Å². The SMILES string of the molecule is COc1ncc(Cc2ccn(C(=O)OC(C)(C)C)n2)cc1-c1cccc(Cl)c1. The third-order valence-corrected chi connectivity index (χ3v) is 4.08. The van der Waals surface area contributed by atoms with E-state index in [9.17, 15) is 4.79 Å². The highest BCUT2D eigenvalue weighted by Crippen LogP contribution is 2.31. The molecule has 2 aromatic heterocycles. The second-order valence-corrected chi connectivity index (χ2v) is 7.76. The molecule has 0 radical (unpaired) electrons. The molecule has 0 bridgehead atoms. The van der Waals surface area contributed by atoms with Gasteiger partial charge in [-0.1, -0.05) is 23.7 Å². The summed E-state index contributed by atoms with van der Waals surface area (Å²) in [7, 11) is 1.58. The van der Waals surface area contributed by atoms with Gasteiger partial charge in [-0.3, -0.25) is 0 Å². The Labute approximate surface area is 169 Å². The summed E-state index contributed by atoms with van der Waals surface area (Å²) >= 11 is 6.12.